The third-order valence-electron chi connectivity index (χ3n) is 2.59. The molecule has 1 atom stereocenters. The first-order valence-electron chi connectivity index (χ1n) is 4.84. The van der Waals surface area contributed by atoms with Crippen LogP contribution in [-0.4, -0.2) is 11.9 Å². The zero-order valence-electron chi connectivity index (χ0n) is 7.99. The molecule has 0 saturated carbocycles. The summed E-state index contributed by atoms with van der Waals surface area (Å²) in [5.74, 6) is -0.676. The average Bonchev–Trinajstić information content (AvgIpc) is 2.49. The normalized spacial score (nSPS) is 47.7. The van der Waals surface area contributed by atoms with E-state index in [9.17, 15) is 4.57 Å². The lowest BCUT2D eigenvalue weighted by atomic mass is 10.0. The monoisotopic (exact) mass is 206 g/mol. The van der Waals surface area contributed by atoms with Crippen LogP contribution in [0, 0.1) is 0 Å². The van der Waals surface area contributed by atoms with Crippen molar-refractivity contribution in [3.05, 3.63) is 0 Å². The molecule has 3 aliphatic rings. The van der Waals surface area contributed by atoms with Crippen molar-refractivity contribution in [2.75, 3.05) is 0 Å². The number of phosphoric acid groups is 1. The van der Waals surface area contributed by atoms with Crippen LogP contribution in [0.5, 0.6) is 0 Å². The smallest absolute Gasteiger partial charge is 0.278 e. The van der Waals surface area contributed by atoms with Crippen molar-refractivity contribution < 1.29 is 18.1 Å². The molecule has 0 N–H and O–H groups in total. The zero-order valence-corrected chi connectivity index (χ0v) is 8.88. The van der Waals surface area contributed by atoms with Crippen LogP contribution in [0.2, 0.25) is 0 Å². The van der Waals surface area contributed by atoms with E-state index in [-0.39, 0.29) is 6.10 Å². The molecule has 1 unspecified atom stereocenters. The van der Waals surface area contributed by atoms with E-state index >= 15 is 0 Å². The minimum atomic E-state index is -3.08. The highest BCUT2D eigenvalue weighted by Crippen LogP contribution is 2.75. The van der Waals surface area contributed by atoms with Crippen LogP contribution < -0.4 is 0 Å². The van der Waals surface area contributed by atoms with Gasteiger partial charge in [0.25, 0.3) is 0 Å². The van der Waals surface area contributed by atoms with Gasteiger partial charge in [-0.15, -0.1) is 0 Å². The summed E-state index contributed by atoms with van der Waals surface area (Å²) in [6, 6.07) is 0. The predicted molar refractivity (Wildman–Crippen MR) is 47.2 cm³/mol. The van der Waals surface area contributed by atoms with Gasteiger partial charge in [0.15, 0.2) is 0 Å². The Balaban J connectivity index is 2.01. The van der Waals surface area contributed by atoms with E-state index in [2.05, 4.69) is 6.92 Å². The summed E-state index contributed by atoms with van der Waals surface area (Å²) in [5, 5.41) is 0. The van der Waals surface area contributed by atoms with E-state index in [4.69, 9.17) is 13.6 Å². The van der Waals surface area contributed by atoms with E-state index in [1.807, 2.05) is 6.92 Å². The van der Waals surface area contributed by atoms with Crippen LogP contribution in [0.25, 0.3) is 0 Å². The van der Waals surface area contributed by atoms with Crippen LogP contribution in [0.1, 0.15) is 39.5 Å². The van der Waals surface area contributed by atoms with Crippen molar-refractivity contribution in [3.8, 4) is 0 Å². The summed E-state index contributed by atoms with van der Waals surface area (Å²) in [4.78, 5) is 0. The molecule has 76 valence electrons. The van der Waals surface area contributed by atoms with Gasteiger partial charge in [-0.1, -0.05) is 26.7 Å². The molecule has 0 aliphatic carbocycles. The molecule has 0 aromatic carbocycles. The standard InChI is InChI=1S/C8H15O4P/c1-3-5-6-7-8(4-2)11-13(9,10-7)12-8/h7H,3-6H2,1-2H3. The van der Waals surface area contributed by atoms with Crippen molar-refractivity contribution >= 4 is 7.82 Å². The number of fused-ring (bicyclic) bond motifs is 1. The summed E-state index contributed by atoms with van der Waals surface area (Å²) >= 11 is 0. The second kappa shape index (κ2) is 3.06. The molecule has 3 heterocycles. The Morgan fingerprint density at radius 3 is 2.62 bits per heavy atom. The van der Waals surface area contributed by atoms with Gasteiger partial charge in [0.2, 0.25) is 5.79 Å². The average molecular weight is 206 g/mol. The highest BCUT2D eigenvalue weighted by Gasteiger charge is 2.69. The Labute approximate surface area is 78.2 Å². The van der Waals surface area contributed by atoms with Crippen LogP contribution in [-0.2, 0) is 18.1 Å². The first-order valence-corrected chi connectivity index (χ1v) is 6.30. The number of hydrogen-bond acceptors (Lipinski definition) is 4. The summed E-state index contributed by atoms with van der Waals surface area (Å²) in [6.07, 6.45) is 3.60. The summed E-state index contributed by atoms with van der Waals surface area (Å²) in [7, 11) is -3.08. The molecule has 0 radical (unpaired) electrons. The third-order valence-corrected chi connectivity index (χ3v) is 4.17. The fraction of sp³-hybridized carbons (Fsp3) is 1.00. The fourth-order valence-electron chi connectivity index (χ4n) is 1.80. The highest BCUT2D eigenvalue weighted by atomic mass is 31.2. The summed E-state index contributed by atoms with van der Waals surface area (Å²) in [6.45, 7) is 4.07. The summed E-state index contributed by atoms with van der Waals surface area (Å²) < 4.78 is 27.0. The third kappa shape index (κ3) is 1.37. The van der Waals surface area contributed by atoms with E-state index in [0.717, 1.165) is 19.3 Å². The molecular formula is C8H15O4P. The molecular weight excluding hydrogens is 191 g/mol. The number of unbranched alkanes of at least 4 members (excludes halogenated alkanes) is 1. The van der Waals surface area contributed by atoms with Gasteiger partial charge >= 0.3 is 7.82 Å². The first kappa shape index (κ1) is 9.66. The van der Waals surface area contributed by atoms with E-state index in [1.54, 1.807) is 0 Å². The molecule has 4 nitrogen and oxygen atoms in total. The topological polar surface area (TPSA) is 44.8 Å². The van der Waals surface area contributed by atoms with Crippen molar-refractivity contribution in [1.29, 1.82) is 0 Å². The molecule has 0 spiro atoms. The Kier molecular flexibility index (Phi) is 2.27. The molecule has 3 fully saturated rings. The maximum Gasteiger partial charge on any atom is 0.480 e. The van der Waals surface area contributed by atoms with Crippen molar-refractivity contribution in [1.82, 2.24) is 0 Å². The molecule has 0 aromatic rings. The van der Waals surface area contributed by atoms with Crippen LogP contribution >= 0.6 is 7.82 Å². The molecule has 3 saturated heterocycles. The van der Waals surface area contributed by atoms with Gasteiger partial charge in [0.05, 0.1) is 0 Å². The van der Waals surface area contributed by atoms with Gasteiger partial charge in [0.1, 0.15) is 6.10 Å². The lowest BCUT2D eigenvalue weighted by Crippen LogP contribution is -2.43. The molecule has 0 aromatic heterocycles. The zero-order chi connectivity index (χ0) is 9.53. The second-order valence-electron chi connectivity index (χ2n) is 3.53. The van der Waals surface area contributed by atoms with Gasteiger partial charge in [-0.3, -0.25) is 13.6 Å². The second-order valence-corrected chi connectivity index (χ2v) is 5.00. The maximum atomic E-state index is 11.4. The van der Waals surface area contributed by atoms with Crippen LogP contribution in [0.4, 0.5) is 0 Å². The van der Waals surface area contributed by atoms with Crippen LogP contribution in [0.3, 0.4) is 0 Å². The maximum absolute atomic E-state index is 11.4. The van der Waals surface area contributed by atoms with Crippen LogP contribution in [0.15, 0.2) is 0 Å². The molecule has 2 bridgehead atoms. The predicted octanol–water partition coefficient (Wildman–Crippen LogP) is 2.84. The lowest BCUT2D eigenvalue weighted by molar-refractivity contribution is -0.185. The molecule has 13 heavy (non-hydrogen) atoms. The van der Waals surface area contributed by atoms with E-state index in [1.165, 1.54) is 0 Å². The molecule has 0 amide bonds. The van der Waals surface area contributed by atoms with Gasteiger partial charge in [-0.25, -0.2) is 4.57 Å². The number of hydrogen-bond donors (Lipinski definition) is 0. The van der Waals surface area contributed by atoms with Crippen molar-refractivity contribution in [2.24, 2.45) is 0 Å². The molecule has 3 aliphatic heterocycles. The Morgan fingerprint density at radius 1 is 1.38 bits per heavy atom. The fourth-order valence-corrected chi connectivity index (χ4v) is 3.73. The number of rotatable bonds is 4. The Morgan fingerprint density at radius 2 is 2.08 bits per heavy atom. The largest absolute Gasteiger partial charge is 0.480 e. The van der Waals surface area contributed by atoms with Crippen molar-refractivity contribution in [3.63, 3.8) is 0 Å². The van der Waals surface area contributed by atoms with Gasteiger partial charge in [-0.2, -0.15) is 0 Å². The highest BCUT2D eigenvalue weighted by molar-refractivity contribution is 7.50. The summed E-state index contributed by atoms with van der Waals surface area (Å²) in [5.41, 5.74) is 0. The number of phosphoric ester groups is 1. The SMILES string of the molecule is CCCCC1OP2(=O)OC1(CC)O2. The molecule has 5 heteroatoms. The Hall–Kier alpha value is 0.110. The molecule has 3 rings (SSSR count). The van der Waals surface area contributed by atoms with Crippen molar-refractivity contribution in [2.45, 2.75) is 51.4 Å². The van der Waals surface area contributed by atoms with Gasteiger partial charge < -0.3 is 0 Å². The lowest BCUT2D eigenvalue weighted by Gasteiger charge is -2.34. The van der Waals surface area contributed by atoms with E-state index < -0.39 is 13.6 Å². The quantitative estimate of drug-likeness (QED) is 0.663. The minimum Gasteiger partial charge on any atom is -0.278 e. The minimum absolute atomic E-state index is 0.122. The van der Waals surface area contributed by atoms with E-state index in [0.29, 0.717) is 6.42 Å². The first-order chi connectivity index (χ1) is 6.14. The Bertz CT molecular complexity index is 243. The van der Waals surface area contributed by atoms with Gasteiger partial charge in [0, 0.05) is 6.42 Å². The van der Waals surface area contributed by atoms with Gasteiger partial charge in [-0.05, 0) is 6.42 Å².